The zero-order chi connectivity index (χ0) is 9.40. The van der Waals surface area contributed by atoms with Gasteiger partial charge in [0.1, 0.15) is 0 Å². The zero-order valence-corrected chi connectivity index (χ0v) is 8.81. The summed E-state index contributed by atoms with van der Waals surface area (Å²) in [5.74, 6) is 0.634. The summed E-state index contributed by atoms with van der Waals surface area (Å²) in [5, 5.41) is 10.8. The first-order chi connectivity index (χ1) is 5.66. The maximum Gasteiger partial charge on any atom is 0.0904 e. The minimum Gasteiger partial charge on any atom is -0.233 e. The van der Waals surface area contributed by atoms with Crippen molar-refractivity contribution in [1.29, 1.82) is 0 Å². The van der Waals surface area contributed by atoms with Crippen LogP contribution < -0.4 is 0 Å². The fraction of sp³-hybridized carbons (Fsp3) is 1.00. The van der Waals surface area contributed by atoms with Crippen LogP contribution in [0.2, 0.25) is 0 Å². The lowest BCUT2D eigenvalue weighted by Gasteiger charge is -2.11. The number of unbranched alkanes of at least 4 members (excludes halogenated alkanes) is 3. The third-order valence-corrected chi connectivity index (χ3v) is 2.28. The van der Waals surface area contributed by atoms with E-state index in [-0.39, 0.29) is 6.10 Å². The van der Waals surface area contributed by atoms with Crippen LogP contribution in [-0.4, -0.2) is 6.10 Å². The van der Waals surface area contributed by atoms with E-state index < -0.39 is 0 Å². The summed E-state index contributed by atoms with van der Waals surface area (Å²) in [6, 6.07) is 0. The van der Waals surface area contributed by atoms with Crippen molar-refractivity contribution in [3.8, 4) is 0 Å². The van der Waals surface area contributed by atoms with E-state index in [9.17, 15) is 5.11 Å². The van der Waals surface area contributed by atoms with Crippen LogP contribution in [0.5, 0.6) is 0 Å². The van der Waals surface area contributed by atoms with Gasteiger partial charge in [-0.3, -0.25) is 0 Å². The molecule has 1 nitrogen and oxygen atoms in total. The van der Waals surface area contributed by atoms with Crippen LogP contribution in [0, 0.1) is 5.92 Å². The molecule has 1 radical (unpaired) electrons. The maximum absolute atomic E-state index is 10.8. The van der Waals surface area contributed by atoms with Crippen molar-refractivity contribution in [2.75, 3.05) is 0 Å². The average molecular weight is 171 g/mol. The lowest BCUT2D eigenvalue weighted by atomic mass is 9.97. The fourth-order valence-corrected chi connectivity index (χ4v) is 1.60. The molecular formula is C11H23O. The largest absolute Gasteiger partial charge is 0.233 e. The molecule has 0 aliphatic rings. The molecule has 0 saturated heterocycles. The number of rotatable bonds is 7. The highest BCUT2D eigenvalue weighted by Crippen LogP contribution is 2.15. The Labute approximate surface area is 77.2 Å². The first-order valence-electron chi connectivity index (χ1n) is 5.32. The molecule has 73 valence electrons. The van der Waals surface area contributed by atoms with Crippen molar-refractivity contribution in [3.63, 3.8) is 0 Å². The molecule has 0 heterocycles. The molecule has 0 bridgehead atoms. The zero-order valence-electron chi connectivity index (χ0n) is 8.81. The smallest absolute Gasteiger partial charge is 0.0904 e. The third kappa shape index (κ3) is 8.06. The van der Waals surface area contributed by atoms with Crippen molar-refractivity contribution in [3.05, 3.63) is 0 Å². The molecule has 0 saturated carbocycles. The van der Waals surface area contributed by atoms with Crippen molar-refractivity contribution in [2.45, 2.75) is 65.4 Å². The molecule has 0 N–H and O–H groups in total. The van der Waals surface area contributed by atoms with Gasteiger partial charge in [-0.15, -0.1) is 0 Å². The van der Waals surface area contributed by atoms with Gasteiger partial charge in [0, 0.05) is 0 Å². The standard InChI is InChI=1S/C11H23O/c1-4-5-6-7-8-10(2)9-11(3)12/h10-11H,4-9H2,1-3H3. The van der Waals surface area contributed by atoms with E-state index in [1.807, 2.05) is 0 Å². The Bertz CT molecular complexity index is 89.0. The molecule has 0 rings (SSSR count). The van der Waals surface area contributed by atoms with Crippen molar-refractivity contribution in [1.82, 2.24) is 0 Å². The van der Waals surface area contributed by atoms with Crippen LogP contribution >= 0.6 is 0 Å². The van der Waals surface area contributed by atoms with Gasteiger partial charge in [0.25, 0.3) is 0 Å². The molecule has 0 fully saturated rings. The SMILES string of the molecule is CCCCCCC(C)CC(C)[O]. The van der Waals surface area contributed by atoms with Gasteiger partial charge in [-0.25, -0.2) is 5.11 Å². The predicted molar refractivity (Wildman–Crippen MR) is 52.7 cm³/mol. The molecule has 0 aromatic carbocycles. The summed E-state index contributed by atoms with van der Waals surface area (Å²) in [6.45, 7) is 6.19. The van der Waals surface area contributed by atoms with Crippen molar-refractivity contribution < 1.29 is 5.11 Å². The van der Waals surface area contributed by atoms with Crippen molar-refractivity contribution in [2.24, 2.45) is 5.92 Å². The van der Waals surface area contributed by atoms with Gasteiger partial charge in [-0.2, -0.15) is 0 Å². The average Bonchev–Trinajstić information content (AvgIpc) is 1.97. The van der Waals surface area contributed by atoms with Crippen LogP contribution in [0.1, 0.15) is 59.3 Å². The molecule has 0 amide bonds. The second-order valence-electron chi connectivity index (χ2n) is 4.00. The molecule has 2 atom stereocenters. The van der Waals surface area contributed by atoms with E-state index >= 15 is 0 Å². The molecule has 0 aromatic rings. The Balaban J connectivity index is 3.14. The summed E-state index contributed by atoms with van der Waals surface area (Å²) in [6.07, 6.45) is 7.02. The fourth-order valence-electron chi connectivity index (χ4n) is 1.60. The summed E-state index contributed by atoms with van der Waals surface area (Å²) < 4.78 is 0. The lowest BCUT2D eigenvalue weighted by molar-refractivity contribution is 0.0823. The van der Waals surface area contributed by atoms with Gasteiger partial charge in [-0.1, -0.05) is 46.0 Å². The first kappa shape index (κ1) is 12.0. The van der Waals surface area contributed by atoms with Gasteiger partial charge >= 0.3 is 0 Å². The van der Waals surface area contributed by atoms with Crippen LogP contribution in [0.4, 0.5) is 0 Å². The van der Waals surface area contributed by atoms with E-state index in [4.69, 9.17) is 0 Å². The van der Waals surface area contributed by atoms with Crippen LogP contribution in [-0.2, 0) is 5.11 Å². The van der Waals surface area contributed by atoms with Gasteiger partial charge in [-0.05, 0) is 19.3 Å². The molecule has 0 aliphatic carbocycles. The van der Waals surface area contributed by atoms with Gasteiger partial charge in [0.15, 0.2) is 0 Å². The molecule has 0 aromatic heterocycles. The van der Waals surface area contributed by atoms with Gasteiger partial charge in [0.05, 0.1) is 6.10 Å². The molecule has 1 heteroatoms. The summed E-state index contributed by atoms with van der Waals surface area (Å²) in [5.41, 5.74) is 0. The minimum absolute atomic E-state index is 0.369. The maximum atomic E-state index is 10.8. The Morgan fingerprint density at radius 1 is 1.08 bits per heavy atom. The molecule has 2 unspecified atom stereocenters. The number of hydrogen-bond donors (Lipinski definition) is 0. The molecule has 12 heavy (non-hydrogen) atoms. The number of hydrogen-bond acceptors (Lipinski definition) is 0. The van der Waals surface area contributed by atoms with Gasteiger partial charge in [0.2, 0.25) is 0 Å². The Morgan fingerprint density at radius 3 is 2.25 bits per heavy atom. The second-order valence-corrected chi connectivity index (χ2v) is 4.00. The topological polar surface area (TPSA) is 19.9 Å². The highest BCUT2D eigenvalue weighted by atomic mass is 16.3. The normalized spacial score (nSPS) is 16.0. The predicted octanol–water partition coefficient (Wildman–Crippen LogP) is 3.80. The Kier molecular flexibility index (Phi) is 7.58. The third-order valence-electron chi connectivity index (χ3n) is 2.28. The Hall–Kier alpha value is -0.0400. The summed E-state index contributed by atoms with van der Waals surface area (Å²) >= 11 is 0. The van der Waals surface area contributed by atoms with E-state index in [1.165, 1.54) is 32.1 Å². The van der Waals surface area contributed by atoms with E-state index in [0.29, 0.717) is 5.92 Å². The van der Waals surface area contributed by atoms with E-state index in [2.05, 4.69) is 13.8 Å². The highest BCUT2D eigenvalue weighted by molar-refractivity contribution is 4.57. The summed E-state index contributed by atoms with van der Waals surface area (Å²) in [7, 11) is 0. The minimum atomic E-state index is -0.369. The van der Waals surface area contributed by atoms with Crippen LogP contribution in [0.25, 0.3) is 0 Å². The van der Waals surface area contributed by atoms with Gasteiger partial charge < -0.3 is 0 Å². The quantitative estimate of drug-likeness (QED) is 0.519. The van der Waals surface area contributed by atoms with E-state index in [0.717, 1.165) is 6.42 Å². The van der Waals surface area contributed by atoms with E-state index in [1.54, 1.807) is 6.92 Å². The van der Waals surface area contributed by atoms with Crippen LogP contribution in [0.3, 0.4) is 0 Å². The molecule has 0 spiro atoms. The monoisotopic (exact) mass is 171 g/mol. The van der Waals surface area contributed by atoms with Crippen molar-refractivity contribution >= 4 is 0 Å². The highest BCUT2D eigenvalue weighted by Gasteiger charge is 2.06. The summed E-state index contributed by atoms with van der Waals surface area (Å²) in [4.78, 5) is 0. The molecule has 0 aliphatic heterocycles. The van der Waals surface area contributed by atoms with Crippen LogP contribution in [0.15, 0.2) is 0 Å². The Morgan fingerprint density at radius 2 is 1.75 bits per heavy atom. The first-order valence-corrected chi connectivity index (χ1v) is 5.32. The lowest BCUT2D eigenvalue weighted by Crippen LogP contribution is -2.05. The second kappa shape index (κ2) is 7.60. The molecular weight excluding hydrogens is 148 g/mol.